The first-order valence-electron chi connectivity index (χ1n) is 8.58. The minimum absolute atomic E-state index is 0.278. The number of hydrogen-bond acceptors (Lipinski definition) is 4. The van der Waals surface area contributed by atoms with Crippen LogP contribution in [0, 0.1) is 0 Å². The number of benzene rings is 2. The number of anilines is 2. The van der Waals surface area contributed by atoms with Crippen LogP contribution in [-0.4, -0.2) is 19.1 Å². The molecular weight excluding hydrogens is 314 g/mol. The Bertz CT molecular complexity index is 716. The molecule has 2 N–H and O–H groups in total. The second-order valence-corrected chi connectivity index (χ2v) is 7.42. The zero-order chi connectivity index (χ0) is 16.4. The first kappa shape index (κ1) is 15.6. The summed E-state index contributed by atoms with van der Waals surface area (Å²) in [5.41, 5.74) is 10.1. The number of piperidine rings is 1. The Hall–Kier alpha value is -1.91. The van der Waals surface area contributed by atoms with Crippen molar-refractivity contribution in [2.24, 2.45) is 5.73 Å². The molecule has 1 fully saturated rings. The molecule has 0 amide bonds. The molecule has 0 bridgehead atoms. The highest BCUT2D eigenvalue weighted by Gasteiger charge is 2.27. The minimum atomic E-state index is 0.278. The smallest absolute Gasteiger partial charge is 0.109 e. The molecule has 2 aliphatic heterocycles. The summed E-state index contributed by atoms with van der Waals surface area (Å²) < 4.78 is 0. The molecule has 0 saturated carbocycles. The topological polar surface area (TPSA) is 32.5 Å². The average molecular weight is 337 g/mol. The maximum atomic E-state index is 6.21. The number of thioether (sulfide) groups is 1. The van der Waals surface area contributed by atoms with E-state index in [4.69, 9.17) is 5.73 Å². The van der Waals surface area contributed by atoms with E-state index in [2.05, 4.69) is 76.0 Å². The Kier molecular flexibility index (Phi) is 4.50. The van der Waals surface area contributed by atoms with E-state index in [1.807, 2.05) is 11.8 Å². The maximum absolute atomic E-state index is 6.21. The molecule has 2 heterocycles. The van der Waals surface area contributed by atoms with E-state index in [9.17, 15) is 0 Å². The second-order valence-electron chi connectivity index (χ2n) is 6.43. The van der Waals surface area contributed by atoms with Gasteiger partial charge in [0.25, 0.3) is 0 Å². The van der Waals surface area contributed by atoms with Crippen LogP contribution < -0.4 is 15.5 Å². The quantitative estimate of drug-likeness (QED) is 0.903. The molecule has 0 aromatic heterocycles. The van der Waals surface area contributed by atoms with Crippen LogP contribution in [-0.2, 0) is 0 Å². The van der Waals surface area contributed by atoms with Crippen LogP contribution in [0.25, 0.3) is 0 Å². The van der Waals surface area contributed by atoms with Gasteiger partial charge in [0.15, 0.2) is 0 Å². The van der Waals surface area contributed by atoms with Gasteiger partial charge in [-0.2, -0.15) is 0 Å². The van der Waals surface area contributed by atoms with Crippen LogP contribution >= 0.6 is 11.8 Å². The predicted octanol–water partition coefficient (Wildman–Crippen LogP) is 4.34. The van der Waals surface area contributed by atoms with Crippen LogP contribution in [0.3, 0.4) is 0 Å². The lowest BCUT2D eigenvalue weighted by Gasteiger charge is -2.36. The van der Waals surface area contributed by atoms with Gasteiger partial charge in [0, 0.05) is 25.3 Å². The third kappa shape index (κ3) is 3.04. The van der Waals surface area contributed by atoms with Gasteiger partial charge in [-0.3, -0.25) is 0 Å². The van der Waals surface area contributed by atoms with Crippen molar-refractivity contribution in [2.75, 3.05) is 22.9 Å². The summed E-state index contributed by atoms with van der Waals surface area (Å²) in [7, 11) is 0. The Morgan fingerprint density at radius 1 is 0.958 bits per heavy atom. The fourth-order valence-corrected chi connectivity index (χ4v) is 4.54. The molecule has 24 heavy (non-hydrogen) atoms. The van der Waals surface area contributed by atoms with E-state index in [1.165, 1.54) is 23.4 Å². The van der Waals surface area contributed by atoms with Crippen molar-refractivity contribution in [1.82, 2.24) is 0 Å². The normalized spacial score (nSPS) is 23.7. The van der Waals surface area contributed by atoms with Crippen LogP contribution in [0.5, 0.6) is 0 Å². The van der Waals surface area contributed by atoms with Crippen LogP contribution in [0.2, 0.25) is 0 Å². The van der Waals surface area contributed by atoms with Gasteiger partial charge >= 0.3 is 0 Å². The molecule has 4 heteroatoms. The third-order valence-electron chi connectivity index (χ3n) is 4.72. The fourth-order valence-electron chi connectivity index (χ4n) is 3.56. The summed E-state index contributed by atoms with van der Waals surface area (Å²) >= 11 is 1.86. The summed E-state index contributed by atoms with van der Waals surface area (Å²) in [6.07, 6.45) is 4.50. The van der Waals surface area contributed by atoms with E-state index in [0.29, 0.717) is 5.37 Å². The number of nitrogens with zero attached hydrogens (tertiary/aromatic N) is 2. The van der Waals surface area contributed by atoms with Gasteiger partial charge in [-0.05, 0) is 35.9 Å². The van der Waals surface area contributed by atoms with Crippen LogP contribution in [0.4, 0.5) is 11.4 Å². The highest BCUT2D eigenvalue weighted by molar-refractivity contribution is 8.02. The largest absolute Gasteiger partial charge is 0.368 e. The zero-order valence-electron chi connectivity index (χ0n) is 13.7. The molecule has 4 rings (SSSR count). The minimum Gasteiger partial charge on any atom is -0.368 e. The lowest BCUT2D eigenvalue weighted by atomic mass is 10.0. The van der Waals surface area contributed by atoms with Gasteiger partial charge in [0.1, 0.15) is 5.37 Å². The Balaban J connectivity index is 1.67. The van der Waals surface area contributed by atoms with Crippen molar-refractivity contribution < 1.29 is 0 Å². The molecule has 0 spiro atoms. The molecular formula is C20H23N3S. The molecule has 2 unspecified atom stereocenters. The van der Waals surface area contributed by atoms with Crippen molar-refractivity contribution in [3.8, 4) is 0 Å². The standard InChI is InChI=1S/C20H23N3S/c21-17-9-6-12-22(15-17)18-10-4-5-11-19(18)23-13-14-24-20(23)16-7-2-1-3-8-16/h1-5,7-8,10-11,13-14,17,20H,6,9,12,15,21H2. The van der Waals surface area contributed by atoms with E-state index >= 15 is 0 Å². The van der Waals surface area contributed by atoms with Gasteiger partial charge < -0.3 is 15.5 Å². The first-order valence-corrected chi connectivity index (χ1v) is 9.52. The molecule has 0 radical (unpaired) electrons. The van der Waals surface area contributed by atoms with Crippen molar-refractivity contribution in [3.05, 3.63) is 71.8 Å². The molecule has 3 nitrogen and oxygen atoms in total. The Morgan fingerprint density at radius 2 is 1.71 bits per heavy atom. The van der Waals surface area contributed by atoms with Crippen LogP contribution in [0.1, 0.15) is 23.8 Å². The number of nitrogens with two attached hydrogens (primary N) is 1. The highest BCUT2D eigenvalue weighted by atomic mass is 32.2. The molecule has 2 aliphatic rings. The molecule has 2 aromatic rings. The predicted molar refractivity (Wildman–Crippen MR) is 104 cm³/mol. The van der Waals surface area contributed by atoms with E-state index in [1.54, 1.807) is 0 Å². The fraction of sp³-hybridized carbons (Fsp3) is 0.300. The van der Waals surface area contributed by atoms with Crippen molar-refractivity contribution in [2.45, 2.75) is 24.3 Å². The van der Waals surface area contributed by atoms with Crippen molar-refractivity contribution >= 4 is 23.1 Å². The number of para-hydroxylation sites is 2. The van der Waals surface area contributed by atoms with Gasteiger partial charge in [0.05, 0.1) is 11.4 Å². The van der Waals surface area contributed by atoms with Gasteiger partial charge in [-0.1, -0.05) is 42.5 Å². The summed E-state index contributed by atoms with van der Waals surface area (Å²) in [5.74, 6) is 0. The van der Waals surface area contributed by atoms with Gasteiger partial charge in [-0.25, -0.2) is 0 Å². The summed E-state index contributed by atoms with van der Waals surface area (Å²) in [6.45, 7) is 2.03. The maximum Gasteiger partial charge on any atom is 0.109 e. The third-order valence-corrected chi connectivity index (χ3v) is 5.76. The zero-order valence-corrected chi connectivity index (χ0v) is 14.5. The lowest BCUT2D eigenvalue weighted by molar-refractivity contribution is 0.506. The average Bonchev–Trinajstić information content (AvgIpc) is 3.12. The summed E-state index contributed by atoms with van der Waals surface area (Å²) in [4.78, 5) is 4.83. The lowest BCUT2D eigenvalue weighted by Crippen LogP contribution is -2.43. The summed E-state index contributed by atoms with van der Waals surface area (Å²) in [6, 6.07) is 19.7. The molecule has 124 valence electrons. The molecule has 1 saturated heterocycles. The van der Waals surface area contributed by atoms with E-state index < -0.39 is 0 Å². The van der Waals surface area contributed by atoms with Crippen LogP contribution in [0.15, 0.2) is 66.2 Å². The molecule has 0 aliphatic carbocycles. The monoisotopic (exact) mass is 337 g/mol. The van der Waals surface area contributed by atoms with Crippen molar-refractivity contribution in [1.29, 1.82) is 0 Å². The summed E-state index contributed by atoms with van der Waals surface area (Å²) in [5, 5.41) is 2.49. The van der Waals surface area contributed by atoms with Gasteiger partial charge in [0.2, 0.25) is 0 Å². The Labute approximate surface area is 148 Å². The van der Waals surface area contributed by atoms with E-state index in [0.717, 1.165) is 19.5 Å². The number of rotatable bonds is 3. The highest BCUT2D eigenvalue weighted by Crippen LogP contribution is 2.45. The Morgan fingerprint density at radius 3 is 2.50 bits per heavy atom. The second kappa shape index (κ2) is 6.91. The SMILES string of the molecule is NC1CCCN(c2ccccc2N2C=CSC2c2ccccc2)C1. The first-order chi connectivity index (χ1) is 11.8. The molecule has 2 aromatic carbocycles. The molecule has 2 atom stereocenters. The van der Waals surface area contributed by atoms with Crippen molar-refractivity contribution in [3.63, 3.8) is 0 Å². The number of hydrogen-bond donors (Lipinski definition) is 1. The van der Waals surface area contributed by atoms with E-state index in [-0.39, 0.29) is 6.04 Å². The van der Waals surface area contributed by atoms with Gasteiger partial charge in [-0.15, -0.1) is 11.8 Å².